The second kappa shape index (κ2) is 6.92. The van der Waals surface area contributed by atoms with E-state index in [1.54, 1.807) is 0 Å². The van der Waals surface area contributed by atoms with Crippen LogP contribution in [0.4, 0.5) is 5.69 Å². The van der Waals surface area contributed by atoms with Crippen molar-refractivity contribution in [3.05, 3.63) is 29.8 Å². The number of hydrogen-bond acceptors (Lipinski definition) is 3. The average molecular weight is 262 g/mol. The van der Waals surface area contributed by atoms with Gasteiger partial charge in [-0.15, -0.1) is 0 Å². The number of anilines is 1. The Morgan fingerprint density at radius 3 is 2.21 bits per heavy atom. The van der Waals surface area contributed by atoms with E-state index < -0.39 is 0 Å². The summed E-state index contributed by atoms with van der Waals surface area (Å²) >= 11 is 0. The molecule has 0 aliphatic heterocycles. The van der Waals surface area contributed by atoms with Crippen LogP contribution in [0, 0.1) is 0 Å². The van der Waals surface area contributed by atoms with Gasteiger partial charge in [0, 0.05) is 37.9 Å². The minimum atomic E-state index is 0.258. The monoisotopic (exact) mass is 262 g/mol. The molecule has 19 heavy (non-hydrogen) atoms. The highest BCUT2D eigenvalue weighted by Crippen LogP contribution is 2.28. The number of rotatable bonds is 8. The predicted molar refractivity (Wildman–Crippen MR) is 80.5 cm³/mol. The molecule has 3 nitrogen and oxygen atoms in total. The molecule has 0 bridgehead atoms. The molecule has 3 heteroatoms. The zero-order chi connectivity index (χ0) is 13.7. The summed E-state index contributed by atoms with van der Waals surface area (Å²) in [4.78, 5) is 4.75. The van der Waals surface area contributed by atoms with E-state index in [1.165, 1.54) is 24.1 Å². The molecule has 0 spiro atoms. The van der Waals surface area contributed by atoms with Crippen LogP contribution < -0.4 is 4.90 Å². The zero-order valence-electron chi connectivity index (χ0n) is 12.2. The maximum absolute atomic E-state index is 9.12. The zero-order valence-corrected chi connectivity index (χ0v) is 12.2. The third-order valence-electron chi connectivity index (χ3n) is 3.90. The van der Waals surface area contributed by atoms with Crippen molar-refractivity contribution in [1.82, 2.24) is 4.90 Å². The lowest BCUT2D eigenvalue weighted by atomic mass is 10.1. The lowest BCUT2D eigenvalue weighted by molar-refractivity contribution is 0.183. The van der Waals surface area contributed by atoms with Crippen LogP contribution in [-0.2, 0) is 6.54 Å². The van der Waals surface area contributed by atoms with Crippen LogP contribution in [0.15, 0.2) is 24.3 Å². The Morgan fingerprint density at radius 1 is 1.11 bits per heavy atom. The van der Waals surface area contributed by atoms with Gasteiger partial charge in [0.05, 0.1) is 6.61 Å². The lowest BCUT2D eigenvalue weighted by Gasteiger charge is -2.23. The molecule has 0 unspecified atom stereocenters. The standard InChI is InChI=1S/C16H26N2O/c1-3-17(4-2)15-7-5-14(6-8-15)13-18(11-12-19)16-9-10-16/h5-8,16,19H,3-4,9-13H2,1-2H3. The third-order valence-corrected chi connectivity index (χ3v) is 3.90. The Labute approximate surface area is 116 Å². The molecule has 0 atom stereocenters. The molecule has 1 saturated carbocycles. The van der Waals surface area contributed by atoms with Gasteiger partial charge < -0.3 is 10.0 Å². The molecule has 1 aliphatic rings. The molecule has 1 N–H and O–H groups in total. The van der Waals surface area contributed by atoms with Crippen molar-refractivity contribution >= 4 is 5.69 Å². The Kier molecular flexibility index (Phi) is 5.23. The quantitative estimate of drug-likeness (QED) is 0.780. The van der Waals surface area contributed by atoms with Gasteiger partial charge in [-0.2, -0.15) is 0 Å². The van der Waals surface area contributed by atoms with Gasteiger partial charge in [-0.1, -0.05) is 12.1 Å². The van der Waals surface area contributed by atoms with Crippen molar-refractivity contribution in [2.45, 2.75) is 39.3 Å². The summed E-state index contributed by atoms with van der Waals surface area (Å²) in [5, 5.41) is 9.12. The van der Waals surface area contributed by atoms with Gasteiger partial charge in [0.25, 0.3) is 0 Å². The van der Waals surface area contributed by atoms with Crippen molar-refractivity contribution < 1.29 is 5.11 Å². The molecule has 0 amide bonds. The predicted octanol–water partition coefficient (Wildman–Crippen LogP) is 2.49. The molecule has 0 heterocycles. The Bertz CT molecular complexity index is 369. The highest BCUT2D eigenvalue weighted by atomic mass is 16.3. The smallest absolute Gasteiger partial charge is 0.0558 e. The molecule has 0 aromatic heterocycles. The number of aliphatic hydroxyl groups excluding tert-OH is 1. The van der Waals surface area contributed by atoms with Crippen molar-refractivity contribution in [2.75, 3.05) is 31.1 Å². The molecule has 1 aromatic rings. The van der Waals surface area contributed by atoms with E-state index in [-0.39, 0.29) is 6.61 Å². The lowest BCUT2D eigenvalue weighted by Crippen LogP contribution is -2.28. The van der Waals surface area contributed by atoms with E-state index in [4.69, 9.17) is 5.11 Å². The van der Waals surface area contributed by atoms with Crippen LogP contribution >= 0.6 is 0 Å². The van der Waals surface area contributed by atoms with E-state index >= 15 is 0 Å². The normalized spacial score (nSPS) is 14.9. The summed E-state index contributed by atoms with van der Waals surface area (Å²) in [6.07, 6.45) is 2.58. The fraction of sp³-hybridized carbons (Fsp3) is 0.625. The minimum Gasteiger partial charge on any atom is -0.395 e. The van der Waals surface area contributed by atoms with E-state index in [9.17, 15) is 0 Å². The Morgan fingerprint density at radius 2 is 1.74 bits per heavy atom. The Hall–Kier alpha value is -1.06. The van der Waals surface area contributed by atoms with Gasteiger partial charge in [-0.25, -0.2) is 0 Å². The largest absolute Gasteiger partial charge is 0.395 e. The summed E-state index contributed by atoms with van der Waals surface area (Å²) in [6, 6.07) is 9.58. The summed E-state index contributed by atoms with van der Waals surface area (Å²) in [6.45, 7) is 8.49. The number of nitrogens with zero attached hydrogens (tertiary/aromatic N) is 2. The molecule has 1 aromatic carbocycles. The van der Waals surface area contributed by atoms with Crippen LogP contribution in [0.1, 0.15) is 32.3 Å². The first-order chi connectivity index (χ1) is 9.28. The fourth-order valence-corrected chi connectivity index (χ4v) is 2.59. The van der Waals surface area contributed by atoms with Crippen molar-refractivity contribution in [2.24, 2.45) is 0 Å². The first kappa shape index (κ1) is 14.4. The molecule has 1 aliphatic carbocycles. The molecular formula is C16H26N2O. The van der Waals surface area contributed by atoms with Gasteiger partial charge in [0.1, 0.15) is 0 Å². The number of benzene rings is 1. The van der Waals surface area contributed by atoms with Gasteiger partial charge >= 0.3 is 0 Å². The first-order valence-electron chi connectivity index (χ1n) is 7.47. The van der Waals surface area contributed by atoms with E-state index in [0.717, 1.165) is 26.2 Å². The van der Waals surface area contributed by atoms with Crippen LogP contribution in [0.3, 0.4) is 0 Å². The third kappa shape index (κ3) is 3.95. The summed E-state index contributed by atoms with van der Waals surface area (Å²) in [5.74, 6) is 0. The second-order valence-electron chi connectivity index (χ2n) is 5.26. The summed E-state index contributed by atoms with van der Waals surface area (Å²) in [5.41, 5.74) is 2.64. The molecular weight excluding hydrogens is 236 g/mol. The molecule has 0 saturated heterocycles. The van der Waals surface area contributed by atoms with Crippen molar-refractivity contribution in [1.29, 1.82) is 0 Å². The van der Waals surface area contributed by atoms with E-state index in [1.807, 2.05) is 0 Å². The van der Waals surface area contributed by atoms with Gasteiger partial charge in [-0.3, -0.25) is 4.90 Å². The minimum absolute atomic E-state index is 0.258. The SMILES string of the molecule is CCN(CC)c1ccc(CN(CCO)C2CC2)cc1. The van der Waals surface area contributed by atoms with Gasteiger partial charge in [0.15, 0.2) is 0 Å². The molecule has 1 fully saturated rings. The van der Waals surface area contributed by atoms with Crippen molar-refractivity contribution in [3.8, 4) is 0 Å². The molecule has 106 valence electrons. The van der Waals surface area contributed by atoms with Gasteiger partial charge in [0.2, 0.25) is 0 Å². The fourth-order valence-electron chi connectivity index (χ4n) is 2.59. The van der Waals surface area contributed by atoms with E-state index in [0.29, 0.717) is 6.04 Å². The molecule has 2 rings (SSSR count). The first-order valence-corrected chi connectivity index (χ1v) is 7.47. The van der Waals surface area contributed by atoms with Crippen LogP contribution in [0.25, 0.3) is 0 Å². The topological polar surface area (TPSA) is 26.7 Å². The summed E-state index contributed by atoms with van der Waals surface area (Å²) in [7, 11) is 0. The van der Waals surface area contributed by atoms with Crippen LogP contribution in [0.5, 0.6) is 0 Å². The highest BCUT2D eigenvalue weighted by molar-refractivity contribution is 5.47. The average Bonchev–Trinajstić information content (AvgIpc) is 3.26. The Balaban J connectivity index is 1.97. The maximum atomic E-state index is 9.12. The van der Waals surface area contributed by atoms with Crippen molar-refractivity contribution in [3.63, 3.8) is 0 Å². The van der Waals surface area contributed by atoms with Crippen LogP contribution in [-0.4, -0.2) is 42.3 Å². The number of hydrogen-bond donors (Lipinski definition) is 1. The number of aliphatic hydroxyl groups is 1. The second-order valence-corrected chi connectivity index (χ2v) is 5.26. The summed E-state index contributed by atoms with van der Waals surface area (Å²) < 4.78 is 0. The van der Waals surface area contributed by atoms with E-state index in [2.05, 4.69) is 47.9 Å². The van der Waals surface area contributed by atoms with Crippen LogP contribution in [0.2, 0.25) is 0 Å². The molecule has 0 radical (unpaired) electrons. The van der Waals surface area contributed by atoms with Gasteiger partial charge in [-0.05, 0) is 44.4 Å². The highest BCUT2D eigenvalue weighted by Gasteiger charge is 2.28. The maximum Gasteiger partial charge on any atom is 0.0558 e.